The van der Waals surface area contributed by atoms with Gasteiger partial charge in [-0.15, -0.1) is 15.0 Å². The van der Waals surface area contributed by atoms with Crippen molar-refractivity contribution in [3.8, 4) is 5.69 Å². The summed E-state index contributed by atoms with van der Waals surface area (Å²) in [5.74, 6) is -0.949. The van der Waals surface area contributed by atoms with E-state index in [2.05, 4.69) is 10.2 Å². The van der Waals surface area contributed by atoms with E-state index in [-0.39, 0.29) is 22.9 Å². The number of nitro benzene ring substituents is 1. The zero-order valence-electron chi connectivity index (χ0n) is 11.5. The van der Waals surface area contributed by atoms with Crippen molar-refractivity contribution in [2.45, 2.75) is 12.8 Å². The van der Waals surface area contributed by atoms with Crippen molar-refractivity contribution >= 4 is 17.5 Å². The number of para-hydroxylation sites is 2. The Kier molecular flexibility index (Phi) is 3.45. The second-order valence-electron chi connectivity index (χ2n) is 4.91. The maximum atomic E-state index is 11.4. The zero-order chi connectivity index (χ0) is 15.7. The fourth-order valence-electron chi connectivity index (χ4n) is 2.47. The number of hydrogen-bond acceptors (Lipinski definition) is 6. The molecule has 0 saturated carbocycles. The minimum absolute atomic E-state index is 0.139. The highest BCUT2D eigenvalue weighted by molar-refractivity contribution is 5.91. The summed E-state index contributed by atoms with van der Waals surface area (Å²) in [4.78, 5) is 24.8. The molecular formula is C13H13N5O4. The molecule has 1 saturated heterocycles. The lowest BCUT2D eigenvalue weighted by atomic mass is 10.3. The highest BCUT2D eigenvalue weighted by Gasteiger charge is 2.27. The maximum Gasteiger partial charge on any atom is 0.360 e. The zero-order valence-corrected chi connectivity index (χ0v) is 11.5. The normalized spacial score (nSPS) is 14.3. The molecule has 1 aromatic heterocycles. The Morgan fingerprint density at radius 1 is 1.23 bits per heavy atom. The highest BCUT2D eigenvalue weighted by atomic mass is 16.6. The van der Waals surface area contributed by atoms with Gasteiger partial charge < -0.3 is 10.0 Å². The summed E-state index contributed by atoms with van der Waals surface area (Å²) in [6, 6.07) is 5.96. The van der Waals surface area contributed by atoms with Crippen molar-refractivity contribution in [2.75, 3.05) is 18.0 Å². The molecule has 1 fully saturated rings. The second kappa shape index (κ2) is 5.43. The predicted molar refractivity (Wildman–Crippen MR) is 76.4 cm³/mol. The quantitative estimate of drug-likeness (QED) is 0.671. The van der Waals surface area contributed by atoms with Crippen LogP contribution in [-0.4, -0.2) is 44.1 Å². The number of carboxylic acids is 1. The average molecular weight is 303 g/mol. The first-order valence-corrected chi connectivity index (χ1v) is 6.77. The lowest BCUT2D eigenvalue weighted by molar-refractivity contribution is -0.384. The number of rotatable bonds is 4. The predicted octanol–water partition coefficient (Wildman–Crippen LogP) is 1.47. The van der Waals surface area contributed by atoms with Gasteiger partial charge in [0.05, 0.1) is 4.92 Å². The minimum atomic E-state index is -1.20. The van der Waals surface area contributed by atoms with Crippen LogP contribution in [0.1, 0.15) is 23.3 Å². The summed E-state index contributed by atoms with van der Waals surface area (Å²) in [5.41, 5.74) is -0.233. The summed E-state index contributed by atoms with van der Waals surface area (Å²) in [6.45, 7) is 1.41. The first-order valence-electron chi connectivity index (χ1n) is 6.77. The minimum Gasteiger partial charge on any atom is -0.476 e. The Morgan fingerprint density at radius 2 is 1.91 bits per heavy atom. The van der Waals surface area contributed by atoms with Gasteiger partial charge in [0.2, 0.25) is 5.69 Å². The molecule has 0 unspecified atom stereocenters. The summed E-state index contributed by atoms with van der Waals surface area (Å²) in [6.07, 6.45) is 1.91. The maximum absolute atomic E-state index is 11.4. The van der Waals surface area contributed by atoms with Gasteiger partial charge in [-0.2, -0.15) is 0 Å². The van der Waals surface area contributed by atoms with Gasteiger partial charge in [0, 0.05) is 19.2 Å². The molecule has 1 N–H and O–H groups in total. The topological polar surface area (TPSA) is 114 Å². The van der Waals surface area contributed by atoms with E-state index >= 15 is 0 Å². The van der Waals surface area contributed by atoms with Gasteiger partial charge in [0.1, 0.15) is 0 Å². The number of benzene rings is 1. The molecule has 1 aliphatic rings. The molecule has 2 aromatic rings. The van der Waals surface area contributed by atoms with E-state index in [1.165, 1.54) is 18.2 Å². The van der Waals surface area contributed by atoms with Gasteiger partial charge in [0.15, 0.2) is 11.5 Å². The number of nitro groups is 1. The molecule has 0 bridgehead atoms. The van der Waals surface area contributed by atoms with Crippen LogP contribution in [0.4, 0.5) is 11.5 Å². The van der Waals surface area contributed by atoms with Crippen LogP contribution in [0.5, 0.6) is 0 Å². The molecular weight excluding hydrogens is 290 g/mol. The van der Waals surface area contributed by atoms with Crippen LogP contribution < -0.4 is 4.90 Å². The number of aromatic carboxylic acids is 1. The summed E-state index contributed by atoms with van der Waals surface area (Å²) >= 11 is 0. The molecule has 0 amide bonds. The first kappa shape index (κ1) is 14.0. The van der Waals surface area contributed by atoms with Crippen LogP contribution in [0.3, 0.4) is 0 Å². The Hall–Kier alpha value is -2.97. The third kappa shape index (κ3) is 2.36. The molecule has 0 aliphatic carbocycles. The molecule has 2 heterocycles. The van der Waals surface area contributed by atoms with Crippen molar-refractivity contribution in [3.63, 3.8) is 0 Å². The molecule has 22 heavy (non-hydrogen) atoms. The average Bonchev–Trinajstić information content (AvgIpc) is 3.16. The number of nitrogens with zero attached hydrogens (tertiary/aromatic N) is 5. The number of hydrogen-bond donors (Lipinski definition) is 1. The Balaban J connectivity index is 2.11. The van der Waals surface area contributed by atoms with E-state index in [4.69, 9.17) is 0 Å². The van der Waals surface area contributed by atoms with Crippen LogP contribution in [0.2, 0.25) is 0 Å². The van der Waals surface area contributed by atoms with Crippen LogP contribution >= 0.6 is 0 Å². The second-order valence-corrected chi connectivity index (χ2v) is 4.91. The molecule has 0 atom stereocenters. The van der Waals surface area contributed by atoms with Gasteiger partial charge in [-0.05, 0) is 18.9 Å². The smallest absolute Gasteiger partial charge is 0.360 e. The van der Waals surface area contributed by atoms with Gasteiger partial charge in [-0.3, -0.25) is 10.1 Å². The number of anilines is 1. The Morgan fingerprint density at radius 3 is 2.55 bits per heavy atom. The number of aromatic nitrogens is 3. The molecule has 9 nitrogen and oxygen atoms in total. The van der Waals surface area contributed by atoms with E-state index in [1.54, 1.807) is 6.07 Å². The van der Waals surface area contributed by atoms with Crippen LogP contribution in [-0.2, 0) is 0 Å². The third-order valence-electron chi connectivity index (χ3n) is 3.50. The molecule has 1 aliphatic heterocycles. The largest absolute Gasteiger partial charge is 0.476 e. The van der Waals surface area contributed by atoms with Crippen LogP contribution in [0.15, 0.2) is 24.3 Å². The summed E-state index contributed by atoms with van der Waals surface area (Å²) in [7, 11) is 0. The van der Waals surface area contributed by atoms with E-state index in [9.17, 15) is 20.0 Å². The van der Waals surface area contributed by atoms with Crippen LogP contribution in [0, 0.1) is 10.1 Å². The standard InChI is InChI=1S/C13H13N5O4/c19-13(20)11-12(16-7-3-4-8-16)15-17(14-11)9-5-1-2-6-10(9)18(21)22/h1-2,5-6H,3-4,7-8H2,(H,19,20). The van der Waals surface area contributed by atoms with E-state index in [1.807, 2.05) is 4.90 Å². The number of carbonyl (C=O) groups is 1. The summed E-state index contributed by atoms with van der Waals surface area (Å²) in [5, 5.41) is 28.5. The molecule has 0 radical (unpaired) electrons. The Labute approximate surface area is 124 Å². The first-order chi connectivity index (χ1) is 10.6. The van der Waals surface area contributed by atoms with E-state index in [0.717, 1.165) is 17.6 Å². The lowest BCUT2D eigenvalue weighted by Gasteiger charge is -2.13. The SMILES string of the molecule is O=C(O)c1nn(-c2ccccc2[N+](=O)[O-])nc1N1CCCC1. The summed E-state index contributed by atoms with van der Waals surface area (Å²) < 4.78 is 0. The highest BCUT2D eigenvalue weighted by Crippen LogP contribution is 2.25. The fraction of sp³-hybridized carbons (Fsp3) is 0.308. The van der Waals surface area contributed by atoms with E-state index in [0.29, 0.717) is 13.1 Å². The molecule has 0 spiro atoms. The van der Waals surface area contributed by atoms with Gasteiger partial charge in [0.25, 0.3) is 5.69 Å². The van der Waals surface area contributed by atoms with E-state index < -0.39 is 10.9 Å². The van der Waals surface area contributed by atoms with Crippen LogP contribution in [0.25, 0.3) is 5.69 Å². The van der Waals surface area contributed by atoms with Crippen molar-refractivity contribution < 1.29 is 14.8 Å². The van der Waals surface area contributed by atoms with Gasteiger partial charge in [-0.1, -0.05) is 12.1 Å². The fourth-order valence-corrected chi connectivity index (χ4v) is 2.47. The molecule has 9 heteroatoms. The molecule has 3 rings (SSSR count). The Bertz CT molecular complexity index is 736. The van der Waals surface area contributed by atoms with Crippen molar-refractivity contribution in [2.24, 2.45) is 0 Å². The third-order valence-corrected chi connectivity index (χ3v) is 3.50. The lowest BCUT2D eigenvalue weighted by Crippen LogP contribution is -2.20. The van der Waals surface area contributed by atoms with Crippen molar-refractivity contribution in [1.82, 2.24) is 15.0 Å². The van der Waals surface area contributed by atoms with Gasteiger partial charge >= 0.3 is 5.97 Å². The monoisotopic (exact) mass is 303 g/mol. The van der Waals surface area contributed by atoms with Gasteiger partial charge in [-0.25, -0.2) is 4.79 Å². The molecule has 1 aromatic carbocycles. The molecule has 114 valence electrons. The van der Waals surface area contributed by atoms with Crippen molar-refractivity contribution in [1.29, 1.82) is 0 Å². The number of carboxylic acid groups (broad SMARTS) is 1. The van der Waals surface area contributed by atoms with Crippen molar-refractivity contribution in [3.05, 3.63) is 40.1 Å².